The quantitative estimate of drug-likeness (QED) is 0.126. The SMILES string of the molecule is O=C1C(=O)N(c2nc3ccc(Cl)cc3s2)C(c2cccc(OCc3ccccc3)c2)C1=C(O)c1ccc2c(c1)OCCO2. The summed E-state index contributed by atoms with van der Waals surface area (Å²) in [6.45, 7) is 1.11. The van der Waals surface area contributed by atoms with E-state index in [4.69, 9.17) is 25.8 Å². The molecule has 0 saturated carbocycles. The molecule has 1 fully saturated rings. The maximum absolute atomic E-state index is 13.7. The Bertz CT molecular complexity index is 1920. The summed E-state index contributed by atoms with van der Waals surface area (Å²) in [6, 6.07) is 26.1. The van der Waals surface area contributed by atoms with Crippen molar-refractivity contribution in [2.24, 2.45) is 0 Å². The number of ether oxygens (including phenoxy) is 3. The van der Waals surface area contributed by atoms with E-state index >= 15 is 0 Å². The van der Waals surface area contributed by atoms with Gasteiger partial charge in [0.2, 0.25) is 0 Å². The number of carbonyl (C=O) groups excluding carboxylic acids is 2. The van der Waals surface area contributed by atoms with Gasteiger partial charge in [-0.3, -0.25) is 14.5 Å². The molecule has 1 aromatic heterocycles. The van der Waals surface area contributed by atoms with Crippen LogP contribution in [-0.2, 0) is 16.2 Å². The number of ketones is 1. The van der Waals surface area contributed by atoms with E-state index in [-0.39, 0.29) is 11.3 Å². The van der Waals surface area contributed by atoms with Gasteiger partial charge in [0.25, 0.3) is 5.78 Å². The minimum absolute atomic E-state index is 0.0702. The summed E-state index contributed by atoms with van der Waals surface area (Å²) in [5.41, 5.74) is 2.45. The monoisotopic (exact) mass is 610 g/mol. The molecule has 2 aliphatic rings. The molecule has 8 nitrogen and oxygen atoms in total. The number of hydrogen-bond donors (Lipinski definition) is 1. The van der Waals surface area contributed by atoms with Gasteiger partial charge in [-0.15, -0.1) is 0 Å². The fourth-order valence-electron chi connectivity index (χ4n) is 5.20. The van der Waals surface area contributed by atoms with E-state index in [1.807, 2.05) is 30.3 Å². The van der Waals surface area contributed by atoms with Gasteiger partial charge in [0.1, 0.15) is 31.3 Å². The largest absolute Gasteiger partial charge is 0.507 e. The third-order valence-corrected chi connectivity index (χ3v) is 8.48. The standard InChI is InChI=1S/C33H23ClN2O6S/c34-22-10-11-24-27(17-22)43-33(35-24)36-29(20-7-4-8-23(15-20)42-18-19-5-2-1-3-6-19)28(31(38)32(36)39)30(37)21-9-12-25-26(16-21)41-14-13-40-25/h1-12,15-17,29,37H,13-14,18H2. The number of benzene rings is 4. The van der Waals surface area contributed by atoms with Crippen molar-refractivity contribution in [3.63, 3.8) is 0 Å². The number of halogens is 1. The molecule has 1 unspecified atom stereocenters. The second-order valence-electron chi connectivity index (χ2n) is 9.98. The smallest absolute Gasteiger partial charge is 0.301 e. The van der Waals surface area contributed by atoms with Crippen LogP contribution >= 0.6 is 22.9 Å². The van der Waals surface area contributed by atoms with Gasteiger partial charge >= 0.3 is 5.91 Å². The number of thiazole rings is 1. The number of aliphatic hydroxyl groups is 1. The maximum Gasteiger partial charge on any atom is 0.301 e. The second-order valence-corrected chi connectivity index (χ2v) is 11.4. The van der Waals surface area contributed by atoms with E-state index in [9.17, 15) is 14.7 Å². The molecule has 4 aromatic carbocycles. The highest BCUT2D eigenvalue weighted by Crippen LogP contribution is 2.45. The van der Waals surface area contributed by atoms with Crippen molar-refractivity contribution in [1.29, 1.82) is 0 Å². The van der Waals surface area contributed by atoms with E-state index in [1.54, 1.807) is 60.7 Å². The van der Waals surface area contributed by atoms with Crippen LogP contribution in [0.25, 0.3) is 16.0 Å². The Balaban J connectivity index is 1.35. The van der Waals surface area contributed by atoms with Crippen molar-refractivity contribution >= 4 is 55.7 Å². The van der Waals surface area contributed by atoms with Gasteiger partial charge in [0.05, 0.1) is 21.8 Å². The summed E-state index contributed by atoms with van der Waals surface area (Å²) in [4.78, 5) is 33.4. The summed E-state index contributed by atoms with van der Waals surface area (Å²) >= 11 is 7.45. The Morgan fingerprint density at radius 1 is 0.953 bits per heavy atom. The van der Waals surface area contributed by atoms with Crippen LogP contribution in [0.3, 0.4) is 0 Å². The molecule has 0 aliphatic carbocycles. The molecule has 43 heavy (non-hydrogen) atoms. The molecule has 0 spiro atoms. The molecule has 2 aliphatic heterocycles. The molecule has 10 heteroatoms. The number of rotatable bonds is 6. The minimum Gasteiger partial charge on any atom is -0.507 e. The first-order valence-electron chi connectivity index (χ1n) is 13.5. The van der Waals surface area contributed by atoms with Crippen molar-refractivity contribution in [1.82, 2.24) is 4.98 Å². The topological polar surface area (TPSA) is 98.2 Å². The van der Waals surface area contributed by atoms with Gasteiger partial charge in [0, 0.05) is 10.6 Å². The van der Waals surface area contributed by atoms with Crippen LogP contribution in [0.1, 0.15) is 22.7 Å². The first-order chi connectivity index (χ1) is 21.0. The molecule has 0 radical (unpaired) electrons. The lowest BCUT2D eigenvalue weighted by Gasteiger charge is -2.24. The van der Waals surface area contributed by atoms with Crippen molar-refractivity contribution in [3.8, 4) is 17.2 Å². The second kappa shape index (κ2) is 11.1. The molecule has 1 saturated heterocycles. The number of Topliss-reactive ketones (excluding diaryl/α,β-unsaturated/α-hetero) is 1. The first-order valence-corrected chi connectivity index (χ1v) is 14.7. The molecule has 1 atom stereocenters. The van der Waals surface area contributed by atoms with Crippen LogP contribution < -0.4 is 19.1 Å². The van der Waals surface area contributed by atoms with Gasteiger partial charge in [-0.2, -0.15) is 0 Å². The van der Waals surface area contributed by atoms with Crippen LogP contribution in [0, 0.1) is 0 Å². The van der Waals surface area contributed by atoms with Gasteiger partial charge in [-0.05, 0) is 59.7 Å². The van der Waals surface area contributed by atoms with Crippen LogP contribution in [0.15, 0.2) is 96.6 Å². The Hall–Kier alpha value is -4.86. The number of carbonyl (C=O) groups is 2. The molecule has 5 aromatic rings. The number of amides is 1. The predicted molar refractivity (Wildman–Crippen MR) is 164 cm³/mol. The third-order valence-electron chi connectivity index (χ3n) is 7.23. The van der Waals surface area contributed by atoms with Gasteiger partial charge in [-0.25, -0.2) is 4.98 Å². The summed E-state index contributed by atoms with van der Waals surface area (Å²) in [7, 11) is 0. The fraction of sp³-hybridized carbons (Fsp3) is 0.121. The lowest BCUT2D eigenvalue weighted by atomic mass is 9.95. The van der Waals surface area contributed by atoms with Crippen LogP contribution in [0.5, 0.6) is 17.2 Å². The average molecular weight is 611 g/mol. The zero-order valence-corrected chi connectivity index (χ0v) is 24.1. The molecule has 3 heterocycles. The normalized spacial score (nSPS) is 17.4. The van der Waals surface area contributed by atoms with Crippen LogP contribution in [-0.4, -0.2) is 35.0 Å². The van der Waals surface area contributed by atoms with E-state index in [0.717, 1.165) is 10.3 Å². The molecule has 1 N–H and O–H groups in total. The molecular weight excluding hydrogens is 588 g/mol. The number of hydrogen-bond acceptors (Lipinski definition) is 8. The number of anilines is 1. The average Bonchev–Trinajstić information content (AvgIpc) is 3.57. The zero-order valence-electron chi connectivity index (χ0n) is 22.5. The van der Waals surface area contributed by atoms with Gasteiger partial charge in [0.15, 0.2) is 16.6 Å². The van der Waals surface area contributed by atoms with Gasteiger partial charge < -0.3 is 19.3 Å². The molecule has 0 bridgehead atoms. The van der Waals surface area contributed by atoms with Crippen molar-refractivity contribution in [2.45, 2.75) is 12.6 Å². The van der Waals surface area contributed by atoms with Crippen molar-refractivity contribution < 1.29 is 28.9 Å². The summed E-state index contributed by atoms with van der Waals surface area (Å²) in [6.07, 6.45) is 0. The Morgan fingerprint density at radius 3 is 2.60 bits per heavy atom. The fourth-order valence-corrected chi connectivity index (χ4v) is 6.46. The van der Waals surface area contributed by atoms with E-state index in [1.165, 1.54) is 16.2 Å². The Morgan fingerprint density at radius 2 is 1.77 bits per heavy atom. The first kappa shape index (κ1) is 27.0. The molecular formula is C33H23ClN2O6S. The summed E-state index contributed by atoms with van der Waals surface area (Å²) < 4.78 is 18.1. The molecule has 214 valence electrons. The van der Waals surface area contributed by atoms with Crippen LogP contribution in [0.2, 0.25) is 5.02 Å². The predicted octanol–water partition coefficient (Wildman–Crippen LogP) is 6.93. The van der Waals surface area contributed by atoms with E-state index in [2.05, 4.69) is 4.98 Å². The van der Waals surface area contributed by atoms with E-state index in [0.29, 0.717) is 63.9 Å². The minimum atomic E-state index is -0.982. The number of fused-ring (bicyclic) bond motifs is 2. The third kappa shape index (κ3) is 5.07. The highest BCUT2D eigenvalue weighted by molar-refractivity contribution is 7.22. The van der Waals surface area contributed by atoms with E-state index < -0.39 is 17.7 Å². The lowest BCUT2D eigenvalue weighted by molar-refractivity contribution is -0.132. The number of nitrogens with zero attached hydrogens (tertiary/aromatic N) is 2. The van der Waals surface area contributed by atoms with Gasteiger partial charge in [-0.1, -0.05) is 65.4 Å². The lowest BCUT2D eigenvalue weighted by Crippen LogP contribution is -2.29. The summed E-state index contributed by atoms with van der Waals surface area (Å²) in [5, 5.41) is 12.5. The molecule has 1 amide bonds. The zero-order chi connectivity index (χ0) is 29.5. The van der Waals surface area contributed by atoms with Crippen molar-refractivity contribution in [2.75, 3.05) is 18.1 Å². The summed E-state index contributed by atoms with van der Waals surface area (Å²) in [5.74, 6) is -0.434. The Labute approximate surface area is 255 Å². The highest BCUT2D eigenvalue weighted by atomic mass is 35.5. The Kier molecular flexibility index (Phi) is 6.96. The van der Waals surface area contributed by atoms with Crippen LogP contribution in [0.4, 0.5) is 5.13 Å². The molecule has 7 rings (SSSR count). The maximum atomic E-state index is 13.7. The van der Waals surface area contributed by atoms with Crippen molar-refractivity contribution in [3.05, 3.63) is 118 Å². The number of aliphatic hydroxyl groups excluding tert-OH is 1. The number of aromatic nitrogens is 1. The highest BCUT2D eigenvalue weighted by Gasteiger charge is 2.48.